The quantitative estimate of drug-likeness (QED) is 0.466. The van der Waals surface area contributed by atoms with Gasteiger partial charge in [0.1, 0.15) is 5.75 Å². The minimum Gasteiger partial charge on any atom is -0.454 e. The average Bonchev–Trinajstić information content (AvgIpc) is 2.94. The first-order valence-corrected chi connectivity index (χ1v) is 10.7. The zero-order chi connectivity index (χ0) is 22.5. The Morgan fingerprint density at radius 1 is 1.00 bits per heavy atom. The van der Waals surface area contributed by atoms with Crippen LogP contribution in [0.15, 0.2) is 84.9 Å². The highest BCUT2D eigenvalue weighted by Crippen LogP contribution is 2.42. The lowest BCUT2D eigenvalue weighted by Crippen LogP contribution is -2.25. The lowest BCUT2D eigenvalue weighted by atomic mass is 9.96. The number of benzene rings is 3. The molecule has 0 radical (unpaired) electrons. The van der Waals surface area contributed by atoms with E-state index in [9.17, 15) is 4.79 Å². The molecule has 32 heavy (non-hydrogen) atoms. The number of hydrogen-bond donors (Lipinski definition) is 1. The van der Waals surface area contributed by atoms with Gasteiger partial charge in [-0.2, -0.15) is 0 Å². The fourth-order valence-electron chi connectivity index (χ4n) is 4.02. The molecule has 164 valence electrons. The third-order valence-electron chi connectivity index (χ3n) is 5.59. The molecule has 3 aromatic rings. The molecular weight excluding hydrogens is 402 g/mol. The van der Waals surface area contributed by atoms with Crippen LogP contribution < -0.4 is 9.64 Å². The molecule has 3 aromatic carbocycles. The lowest BCUT2D eigenvalue weighted by Gasteiger charge is -2.24. The van der Waals surface area contributed by atoms with Gasteiger partial charge in [-0.25, -0.2) is 0 Å². The normalized spacial score (nSPS) is 15.0. The first kappa shape index (κ1) is 21.8. The number of ether oxygens (including phenoxy) is 2. The van der Waals surface area contributed by atoms with Crippen molar-refractivity contribution in [1.29, 1.82) is 0 Å². The highest BCUT2D eigenvalue weighted by molar-refractivity contribution is 6.14. The second kappa shape index (κ2) is 9.81. The highest BCUT2D eigenvalue weighted by Gasteiger charge is 2.29. The van der Waals surface area contributed by atoms with Crippen molar-refractivity contribution in [2.24, 2.45) is 5.92 Å². The van der Waals surface area contributed by atoms with Crippen LogP contribution in [0, 0.1) is 5.92 Å². The van der Waals surface area contributed by atoms with Crippen LogP contribution in [0.4, 0.5) is 11.4 Å². The Bertz CT molecular complexity index is 1110. The molecule has 5 heteroatoms. The number of methoxy groups -OCH3 is 1. The molecule has 0 fully saturated rings. The molecule has 1 aliphatic rings. The third kappa shape index (κ3) is 4.31. The molecule has 1 amide bonds. The van der Waals surface area contributed by atoms with Gasteiger partial charge in [0.15, 0.2) is 5.75 Å². The van der Waals surface area contributed by atoms with E-state index in [4.69, 9.17) is 14.6 Å². The van der Waals surface area contributed by atoms with E-state index in [1.54, 1.807) is 18.1 Å². The van der Waals surface area contributed by atoms with Crippen LogP contribution in [0.25, 0.3) is 0 Å². The summed E-state index contributed by atoms with van der Waals surface area (Å²) < 4.78 is 11.8. The second-order valence-corrected chi connectivity index (χ2v) is 7.75. The largest absolute Gasteiger partial charge is 0.454 e. The maximum absolute atomic E-state index is 13.5. The Morgan fingerprint density at radius 3 is 2.41 bits per heavy atom. The van der Waals surface area contributed by atoms with Crippen LogP contribution in [-0.4, -0.2) is 24.7 Å². The first-order valence-electron chi connectivity index (χ1n) is 10.7. The Balaban J connectivity index is 1.69. The number of carbonyl (C=O) groups excluding carboxylic acids is 1. The number of amides is 1. The van der Waals surface area contributed by atoms with Gasteiger partial charge in [0.2, 0.25) is 0 Å². The van der Waals surface area contributed by atoms with E-state index in [0.717, 1.165) is 11.3 Å². The van der Waals surface area contributed by atoms with Crippen LogP contribution in [0.2, 0.25) is 0 Å². The summed E-state index contributed by atoms with van der Waals surface area (Å²) in [5, 5.41) is 9.00. The number of carbonyl (C=O) groups is 1. The third-order valence-corrected chi connectivity index (χ3v) is 5.59. The van der Waals surface area contributed by atoms with Crippen molar-refractivity contribution >= 4 is 17.3 Å². The number of aliphatic hydroxyl groups is 1. The Hall–Kier alpha value is -3.41. The van der Waals surface area contributed by atoms with Crippen molar-refractivity contribution in [1.82, 2.24) is 0 Å². The van der Waals surface area contributed by atoms with Gasteiger partial charge in [-0.1, -0.05) is 55.5 Å². The van der Waals surface area contributed by atoms with E-state index >= 15 is 0 Å². The highest BCUT2D eigenvalue weighted by atomic mass is 16.5. The van der Waals surface area contributed by atoms with Gasteiger partial charge in [0, 0.05) is 25.3 Å². The van der Waals surface area contributed by atoms with Gasteiger partial charge in [0.25, 0.3) is 5.91 Å². The number of para-hydroxylation sites is 3. The predicted molar refractivity (Wildman–Crippen MR) is 126 cm³/mol. The maximum Gasteiger partial charge on any atom is 0.266 e. The number of fused-ring (bicyclic) bond motifs is 2. The van der Waals surface area contributed by atoms with E-state index in [0.29, 0.717) is 29.2 Å². The number of rotatable bonds is 7. The molecule has 1 heterocycles. The van der Waals surface area contributed by atoms with E-state index in [1.165, 1.54) is 0 Å². The maximum atomic E-state index is 13.5. The summed E-state index contributed by atoms with van der Waals surface area (Å²) in [7, 11) is 1.69. The van der Waals surface area contributed by atoms with E-state index in [1.807, 2.05) is 72.8 Å². The predicted octanol–water partition coefficient (Wildman–Crippen LogP) is 6.03. The Morgan fingerprint density at radius 2 is 1.69 bits per heavy atom. The summed E-state index contributed by atoms with van der Waals surface area (Å²) in [6.45, 7) is 2.21. The summed E-state index contributed by atoms with van der Waals surface area (Å²) in [4.78, 5) is 15.2. The number of aliphatic hydroxyl groups excluding tert-OH is 1. The standard InChI is InChI=1S/C27H27NO4/c1-19(9-7-8-18-29)26(31-2)20-14-16-21(17-15-20)28-23-11-4-6-13-25(23)32-24-12-5-3-10-22(24)27(28)30/h3-7,9-17,19,26,29H,8,18H2,1-2H3/b9-7+/t19-,26+/m0/s1. The van der Waals surface area contributed by atoms with Crippen LogP contribution in [-0.2, 0) is 4.74 Å². The van der Waals surface area contributed by atoms with Crippen LogP contribution >= 0.6 is 0 Å². The van der Waals surface area contributed by atoms with Gasteiger partial charge in [0.05, 0.1) is 17.4 Å². The molecule has 0 saturated heterocycles. The molecule has 0 unspecified atom stereocenters. The van der Waals surface area contributed by atoms with Crippen molar-refractivity contribution in [3.63, 3.8) is 0 Å². The lowest BCUT2D eigenvalue weighted by molar-refractivity contribution is 0.0740. The van der Waals surface area contributed by atoms with Crippen LogP contribution in [0.3, 0.4) is 0 Å². The van der Waals surface area contributed by atoms with E-state index in [-0.39, 0.29) is 24.5 Å². The van der Waals surface area contributed by atoms with Gasteiger partial charge >= 0.3 is 0 Å². The first-order chi connectivity index (χ1) is 15.6. The number of hydrogen-bond acceptors (Lipinski definition) is 4. The second-order valence-electron chi connectivity index (χ2n) is 7.75. The molecule has 2 atom stereocenters. The van der Waals surface area contributed by atoms with Gasteiger partial charge < -0.3 is 14.6 Å². The monoisotopic (exact) mass is 429 g/mol. The van der Waals surface area contributed by atoms with E-state index in [2.05, 4.69) is 13.0 Å². The van der Waals surface area contributed by atoms with Crippen molar-refractivity contribution in [3.8, 4) is 11.5 Å². The number of nitrogens with zero attached hydrogens (tertiary/aromatic N) is 1. The molecule has 0 aromatic heterocycles. The zero-order valence-corrected chi connectivity index (χ0v) is 18.3. The van der Waals surface area contributed by atoms with Crippen molar-refractivity contribution in [3.05, 3.63) is 96.1 Å². The Kier molecular flexibility index (Phi) is 6.69. The summed E-state index contributed by atoms with van der Waals surface area (Å²) in [5.74, 6) is 1.18. The molecule has 0 bridgehead atoms. The van der Waals surface area contributed by atoms with Gasteiger partial charge in [-0.3, -0.25) is 9.69 Å². The Labute approximate surface area is 188 Å². The summed E-state index contributed by atoms with van der Waals surface area (Å²) in [6.07, 6.45) is 4.52. The van der Waals surface area contributed by atoms with Gasteiger partial charge in [-0.15, -0.1) is 0 Å². The van der Waals surface area contributed by atoms with E-state index < -0.39 is 0 Å². The molecule has 0 spiro atoms. The smallest absolute Gasteiger partial charge is 0.266 e. The summed E-state index contributed by atoms with van der Waals surface area (Å²) in [5.41, 5.74) is 2.99. The molecule has 5 nitrogen and oxygen atoms in total. The molecule has 0 aliphatic carbocycles. The summed E-state index contributed by atoms with van der Waals surface area (Å²) >= 11 is 0. The fraction of sp³-hybridized carbons (Fsp3) is 0.222. The van der Waals surface area contributed by atoms with Crippen LogP contribution in [0.1, 0.15) is 35.4 Å². The molecule has 1 aliphatic heterocycles. The van der Waals surface area contributed by atoms with Gasteiger partial charge in [-0.05, 0) is 48.4 Å². The minimum atomic E-state index is -0.137. The molecule has 0 saturated carbocycles. The fourth-order valence-corrected chi connectivity index (χ4v) is 4.02. The average molecular weight is 430 g/mol. The summed E-state index contributed by atoms with van der Waals surface area (Å²) in [6, 6.07) is 22.7. The van der Waals surface area contributed by atoms with Crippen LogP contribution in [0.5, 0.6) is 11.5 Å². The SMILES string of the molecule is CO[C@@H](c1ccc(N2C(=O)c3ccccc3Oc3ccccc32)cc1)[C@@H](C)/C=C/CCO. The minimum absolute atomic E-state index is 0.129. The van der Waals surface area contributed by atoms with Crippen molar-refractivity contribution in [2.75, 3.05) is 18.6 Å². The molecular formula is C27H27NO4. The van der Waals surface area contributed by atoms with Crippen molar-refractivity contribution < 1.29 is 19.4 Å². The number of anilines is 2. The molecule has 4 rings (SSSR count). The zero-order valence-electron chi connectivity index (χ0n) is 18.3. The topological polar surface area (TPSA) is 59.0 Å². The van der Waals surface area contributed by atoms with Crippen molar-refractivity contribution in [2.45, 2.75) is 19.4 Å². The molecule has 1 N–H and O–H groups in total.